The predicted octanol–water partition coefficient (Wildman–Crippen LogP) is 3.62. The Labute approximate surface area is 174 Å². The van der Waals surface area contributed by atoms with Crippen LogP contribution in [-0.4, -0.2) is 31.8 Å². The number of nitrogens with one attached hydrogen (secondary N) is 4. The number of H-pyrrole nitrogens is 2. The maximum atomic E-state index is 12.4. The van der Waals surface area contributed by atoms with Crippen LogP contribution in [0.1, 0.15) is 66.2 Å². The molecule has 8 nitrogen and oxygen atoms in total. The third-order valence-corrected chi connectivity index (χ3v) is 5.64. The maximum absolute atomic E-state index is 12.4. The van der Waals surface area contributed by atoms with Crippen LogP contribution < -0.4 is 10.6 Å². The number of anilines is 2. The van der Waals surface area contributed by atoms with Crippen molar-refractivity contribution in [2.24, 2.45) is 5.92 Å². The van der Waals surface area contributed by atoms with Crippen LogP contribution in [0.25, 0.3) is 0 Å². The third kappa shape index (κ3) is 3.85. The van der Waals surface area contributed by atoms with E-state index in [1.54, 1.807) is 12.1 Å². The van der Waals surface area contributed by atoms with Crippen LogP contribution in [0.4, 0.5) is 11.9 Å². The number of carbonyl (C=O) groups is 2. The van der Waals surface area contributed by atoms with Gasteiger partial charge in [0.15, 0.2) is 0 Å². The van der Waals surface area contributed by atoms with E-state index in [4.69, 9.17) is 0 Å². The fourth-order valence-corrected chi connectivity index (χ4v) is 3.64. The van der Waals surface area contributed by atoms with Crippen LogP contribution >= 0.6 is 0 Å². The molecule has 3 aromatic rings. The van der Waals surface area contributed by atoms with Crippen LogP contribution in [-0.2, 0) is 17.6 Å². The number of nitrogens with zero attached hydrogens (tertiary/aromatic N) is 2. The number of carbonyl (C=O) groups excluding carboxylic acids is 2. The largest absolute Gasteiger partial charge is 0.328 e. The molecule has 0 unspecified atom stereocenters. The summed E-state index contributed by atoms with van der Waals surface area (Å²) in [6, 6.07) is 9.04. The van der Waals surface area contributed by atoms with Gasteiger partial charge >= 0.3 is 0 Å². The van der Waals surface area contributed by atoms with E-state index in [-0.39, 0.29) is 23.7 Å². The molecule has 0 saturated heterocycles. The van der Waals surface area contributed by atoms with E-state index in [9.17, 15) is 9.59 Å². The molecule has 0 aliphatic heterocycles. The van der Waals surface area contributed by atoms with Gasteiger partial charge in [0.1, 0.15) is 0 Å². The summed E-state index contributed by atoms with van der Waals surface area (Å²) in [6.45, 7) is 5.91. The minimum Gasteiger partial charge on any atom is -0.328 e. The second-order valence-electron chi connectivity index (χ2n) is 7.74. The smallest absolute Gasteiger partial charge is 0.257 e. The molecule has 0 spiro atoms. The second-order valence-corrected chi connectivity index (χ2v) is 7.74. The topological polar surface area (TPSA) is 116 Å². The number of amides is 2. The highest BCUT2D eigenvalue weighted by atomic mass is 16.2. The lowest BCUT2D eigenvalue weighted by Crippen LogP contribution is -2.20. The van der Waals surface area contributed by atoms with Crippen molar-refractivity contribution in [3.05, 3.63) is 58.7 Å². The first-order chi connectivity index (χ1) is 14.5. The summed E-state index contributed by atoms with van der Waals surface area (Å²) in [5.41, 5.74) is 4.31. The third-order valence-electron chi connectivity index (χ3n) is 5.64. The number of imidazole rings is 2. The molecule has 8 heteroatoms. The molecule has 0 saturated carbocycles. The molecule has 1 aliphatic carbocycles. The van der Waals surface area contributed by atoms with Crippen molar-refractivity contribution < 1.29 is 9.59 Å². The molecule has 2 heterocycles. The monoisotopic (exact) mass is 406 g/mol. The van der Waals surface area contributed by atoms with E-state index < -0.39 is 0 Å². The highest BCUT2D eigenvalue weighted by Gasteiger charge is 2.28. The summed E-state index contributed by atoms with van der Waals surface area (Å²) in [5.74, 6) is 0.532. The lowest BCUT2D eigenvalue weighted by atomic mass is 10.0. The summed E-state index contributed by atoms with van der Waals surface area (Å²) < 4.78 is 0. The van der Waals surface area contributed by atoms with Crippen LogP contribution in [0.2, 0.25) is 0 Å². The van der Waals surface area contributed by atoms with Gasteiger partial charge in [0.2, 0.25) is 17.8 Å². The molecular formula is C22H26N6O2. The second kappa shape index (κ2) is 8.14. The van der Waals surface area contributed by atoms with E-state index in [0.717, 1.165) is 42.0 Å². The highest BCUT2D eigenvalue weighted by Crippen LogP contribution is 2.33. The van der Waals surface area contributed by atoms with E-state index in [0.29, 0.717) is 17.5 Å². The van der Waals surface area contributed by atoms with Crippen molar-refractivity contribution in [2.75, 3.05) is 10.6 Å². The minimum atomic E-state index is -0.206. The van der Waals surface area contributed by atoms with Crippen LogP contribution in [0.3, 0.4) is 0 Å². The van der Waals surface area contributed by atoms with Crippen molar-refractivity contribution in [1.82, 2.24) is 19.9 Å². The molecule has 4 N–H and O–H groups in total. The average molecular weight is 406 g/mol. The van der Waals surface area contributed by atoms with E-state index in [1.165, 1.54) is 0 Å². The molecule has 2 aromatic heterocycles. The normalized spacial score (nSPS) is 16.2. The number of fused-ring (bicyclic) bond motifs is 2. The Morgan fingerprint density at radius 3 is 2.17 bits per heavy atom. The number of aryl methyl sites for hydroxylation is 2. The lowest BCUT2D eigenvalue weighted by molar-refractivity contribution is -0.119. The fourth-order valence-electron chi connectivity index (χ4n) is 3.64. The minimum absolute atomic E-state index is 0.0413. The van der Waals surface area contributed by atoms with Gasteiger partial charge in [-0.2, -0.15) is 0 Å². The van der Waals surface area contributed by atoms with Gasteiger partial charge in [0, 0.05) is 28.8 Å². The van der Waals surface area contributed by atoms with Crippen molar-refractivity contribution >= 4 is 23.7 Å². The molecule has 156 valence electrons. The number of rotatable bonds is 5. The van der Waals surface area contributed by atoms with Gasteiger partial charge in [-0.25, -0.2) is 9.97 Å². The number of hydrogen-bond acceptors (Lipinski definition) is 4. The van der Waals surface area contributed by atoms with E-state index in [2.05, 4.69) is 30.6 Å². The predicted molar refractivity (Wildman–Crippen MR) is 115 cm³/mol. The van der Waals surface area contributed by atoms with Crippen LogP contribution in [0.5, 0.6) is 0 Å². The number of aromatic nitrogens is 4. The Bertz CT molecular complexity index is 1070. The quantitative estimate of drug-likeness (QED) is 0.518. The fraction of sp³-hybridized carbons (Fsp3) is 0.364. The summed E-state index contributed by atoms with van der Waals surface area (Å²) in [6.07, 6.45) is 2.26. The molecule has 0 radical (unpaired) electrons. The van der Waals surface area contributed by atoms with Crippen molar-refractivity contribution in [3.8, 4) is 0 Å². The first kappa shape index (κ1) is 19.9. The molecule has 1 aromatic carbocycles. The standard InChI is InChI=1S/C22H26N6O2/c1-4-12(2)19(29)27-21-23-15-10-11-16-18(13(3)17(15)25-21)26-22(24-16)28-20(30)14-8-6-5-7-9-14/h5-9,12-13H,4,10-11H2,1-3H3,(H2,23,25,27,29)(H2,24,26,28,30)/t12-,13-/m0/s1. The van der Waals surface area contributed by atoms with Crippen molar-refractivity contribution in [2.45, 2.75) is 46.0 Å². The van der Waals surface area contributed by atoms with E-state index >= 15 is 0 Å². The first-order valence-electron chi connectivity index (χ1n) is 10.3. The first-order valence-corrected chi connectivity index (χ1v) is 10.3. The van der Waals surface area contributed by atoms with Crippen LogP contribution in [0, 0.1) is 5.92 Å². The van der Waals surface area contributed by atoms with Crippen molar-refractivity contribution in [1.29, 1.82) is 0 Å². The number of benzene rings is 1. The molecule has 2 atom stereocenters. The van der Waals surface area contributed by atoms with Gasteiger partial charge in [0.05, 0.1) is 11.4 Å². The Balaban J connectivity index is 1.53. The number of aromatic amines is 2. The Morgan fingerprint density at radius 1 is 1.03 bits per heavy atom. The molecule has 0 bridgehead atoms. The summed E-state index contributed by atoms with van der Waals surface area (Å²) in [7, 11) is 0. The molecule has 1 aliphatic rings. The molecule has 4 rings (SSSR count). The van der Waals surface area contributed by atoms with Gasteiger partial charge in [-0.3, -0.25) is 20.2 Å². The zero-order valence-corrected chi connectivity index (χ0v) is 17.4. The molecular weight excluding hydrogens is 380 g/mol. The van der Waals surface area contributed by atoms with Crippen LogP contribution in [0.15, 0.2) is 30.3 Å². The lowest BCUT2D eigenvalue weighted by Gasteiger charge is -2.08. The molecule has 30 heavy (non-hydrogen) atoms. The van der Waals surface area contributed by atoms with Gasteiger partial charge in [-0.05, 0) is 31.4 Å². The Hall–Kier alpha value is -3.42. The highest BCUT2D eigenvalue weighted by molar-refractivity contribution is 6.03. The summed E-state index contributed by atoms with van der Waals surface area (Å²) in [4.78, 5) is 40.4. The zero-order valence-electron chi connectivity index (χ0n) is 17.4. The van der Waals surface area contributed by atoms with Gasteiger partial charge < -0.3 is 9.97 Å². The molecule has 0 fully saturated rings. The SMILES string of the molecule is CC[C@H](C)C(=O)Nc1nc2c([nH]1)CCc1[nH]c(NC(=O)c3ccccc3)nc1[C@H]2C. The average Bonchev–Trinajstić information content (AvgIpc) is 3.32. The zero-order chi connectivity index (χ0) is 21.3. The van der Waals surface area contributed by atoms with Crippen molar-refractivity contribution in [3.63, 3.8) is 0 Å². The van der Waals surface area contributed by atoms with Gasteiger partial charge in [0.25, 0.3) is 5.91 Å². The molecule has 2 amide bonds. The van der Waals surface area contributed by atoms with Gasteiger partial charge in [-0.1, -0.05) is 39.0 Å². The summed E-state index contributed by atoms with van der Waals surface area (Å²) in [5, 5.41) is 5.71. The Kier molecular flexibility index (Phi) is 5.39. The van der Waals surface area contributed by atoms with E-state index in [1.807, 2.05) is 39.0 Å². The Morgan fingerprint density at radius 2 is 1.60 bits per heavy atom. The summed E-state index contributed by atoms with van der Waals surface area (Å²) >= 11 is 0. The number of hydrogen-bond donors (Lipinski definition) is 4. The maximum Gasteiger partial charge on any atom is 0.257 e. The van der Waals surface area contributed by atoms with Gasteiger partial charge in [-0.15, -0.1) is 0 Å².